The fourth-order valence-electron chi connectivity index (χ4n) is 2.43. The van der Waals surface area contributed by atoms with Gasteiger partial charge in [0.25, 0.3) is 5.91 Å². The molecule has 0 fully saturated rings. The van der Waals surface area contributed by atoms with E-state index in [1.54, 1.807) is 6.07 Å². The molecular weight excluding hydrogens is 447 g/mol. The molecule has 3 aromatic rings. The second-order valence-electron chi connectivity index (χ2n) is 5.98. The minimum atomic E-state index is -4.92. The standard InChI is InChI=1S/C19H12Cl2F4N4O/c20-13-2-1-3-14(21)15(13)28-18-27-9-12(16(29-18)19(23,24)25)17(30)26-8-10-4-6-11(22)7-5-10/h1-7,9H,8H2,(H,26,30)(H,27,28,29). The van der Waals surface area contributed by atoms with Gasteiger partial charge in [0.1, 0.15) is 5.82 Å². The molecule has 0 aliphatic carbocycles. The van der Waals surface area contributed by atoms with Gasteiger partial charge in [0.15, 0.2) is 5.69 Å². The second kappa shape index (κ2) is 8.85. The lowest BCUT2D eigenvalue weighted by molar-refractivity contribution is -0.141. The van der Waals surface area contributed by atoms with E-state index >= 15 is 0 Å². The van der Waals surface area contributed by atoms with Crippen LogP contribution in [0.15, 0.2) is 48.7 Å². The number of hydrogen-bond donors (Lipinski definition) is 2. The predicted molar refractivity (Wildman–Crippen MR) is 104 cm³/mol. The first-order chi connectivity index (χ1) is 14.1. The Morgan fingerprint density at radius 1 is 1.03 bits per heavy atom. The maximum absolute atomic E-state index is 13.5. The largest absolute Gasteiger partial charge is 0.434 e. The van der Waals surface area contributed by atoms with E-state index in [0.717, 1.165) is 6.20 Å². The number of amides is 1. The van der Waals surface area contributed by atoms with Crippen LogP contribution in [0, 0.1) is 5.82 Å². The van der Waals surface area contributed by atoms with E-state index in [1.165, 1.54) is 36.4 Å². The fraction of sp³-hybridized carbons (Fsp3) is 0.105. The summed E-state index contributed by atoms with van der Waals surface area (Å²) in [7, 11) is 0. The molecule has 5 nitrogen and oxygen atoms in total. The monoisotopic (exact) mass is 458 g/mol. The summed E-state index contributed by atoms with van der Waals surface area (Å²) in [6.07, 6.45) is -4.17. The summed E-state index contributed by atoms with van der Waals surface area (Å²) >= 11 is 12.0. The number of alkyl halides is 3. The van der Waals surface area contributed by atoms with Gasteiger partial charge in [-0.1, -0.05) is 41.4 Å². The van der Waals surface area contributed by atoms with Gasteiger partial charge in [-0.15, -0.1) is 0 Å². The van der Waals surface area contributed by atoms with Gasteiger partial charge in [-0.2, -0.15) is 13.2 Å². The van der Waals surface area contributed by atoms with Gasteiger partial charge < -0.3 is 10.6 Å². The summed E-state index contributed by atoms with van der Waals surface area (Å²) in [6, 6.07) is 9.67. The molecule has 11 heteroatoms. The van der Waals surface area contributed by atoms with E-state index in [0.29, 0.717) is 5.56 Å². The molecule has 2 N–H and O–H groups in total. The Hall–Kier alpha value is -2.91. The zero-order valence-corrected chi connectivity index (χ0v) is 16.4. The number of carbonyl (C=O) groups is 1. The van der Waals surface area contributed by atoms with Crippen molar-refractivity contribution in [2.75, 3.05) is 5.32 Å². The Bertz CT molecular complexity index is 1050. The average Bonchev–Trinajstić information content (AvgIpc) is 2.69. The van der Waals surface area contributed by atoms with Gasteiger partial charge >= 0.3 is 6.18 Å². The van der Waals surface area contributed by atoms with E-state index in [9.17, 15) is 22.4 Å². The third-order valence-corrected chi connectivity index (χ3v) is 4.50. The lowest BCUT2D eigenvalue weighted by Gasteiger charge is -2.14. The molecule has 0 aliphatic rings. The molecule has 3 rings (SSSR count). The number of benzene rings is 2. The summed E-state index contributed by atoms with van der Waals surface area (Å²) in [4.78, 5) is 19.5. The van der Waals surface area contributed by atoms with Crippen LogP contribution in [-0.4, -0.2) is 15.9 Å². The molecule has 0 atom stereocenters. The van der Waals surface area contributed by atoms with Crippen LogP contribution in [0.25, 0.3) is 0 Å². The van der Waals surface area contributed by atoms with E-state index < -0.39 is 35.1 Å². The molecule has 1 heterocycles. The molecular formula is C19H12Cl2F4N4O. The summed E-state index contributed by atoms with van der Waals surface area (Å²) < 4.78 is 53.4. The van der Waals surface area contributed by atoms with Crippen molar-refractivity contribution >= 4 is 40.7 Å². The molecule has 156 valence electrons. The SMILES string of the molecule is O=C(NCc1ccc(F)cc1)c1cnc(Nc2c(Cl)cccc2Cl)nc1C(F)(F)F. The van der Waals surface area contributed by atoms with Crippen LogP contribution in [0.1, 0.15) is 21.6 Å². The predicted octanol–water partition coefficient (Wildman–Crippen LogP) is 5.61. The highest BCUT2D eigenvalue weighted by atomic mass is 35.5. The van der Waals surface area contributed by atoms with Crippen LogP contribution in [-0.2, 0) is 12.7 Å². The van der Waals surface area contributed by atoms with Crippen molar-refractivity contribution in [3.8, 4) is 0 Å². The van der Waals surface area contributed by atoms with Gasteiger partial charge in [-0.25, -0.2) is 14.4 Å². The lowest BCUT2D eigenvalue weighted by Crippen LogP contribution is -2.27. The van der Waals surface area contributed by atoms with Crippen molar-refractivity contribution in [3.63, 3.8) is 0 Å². The fourth-order valence-corrected chi connectivity index (χ4v) is 2.93. The molecule has 30 heavy (non-hydrogen) atoms. The summed E-state index contributed by atoms with van der Waals surface area (Å²) in [5.74, 6) is -1.94. The number of halogens is 6. The highest BCUT2D eigenvalue weighted by Gasteiger charge is 2.38. The molecule has 0 bridgehead atoms. The summed E-state index contributed by atoms with van der Waals surface area (Å²) in [5.41, 5.74) is -1.56. The highest BCUT2D eigenvalue weighted by molar-refractivity contribution is 6.39. The number of aromatic nitrogens is 2. The third kappa shape index (κ3) is 5.17. The maximum Gasteiger partial charge on any atom is 0.434 e. The zero-order valence-electron chi connectivity index (χ0n) is 14.9. The molecule has 1 aromatic heterocycles. The van der Waals surface area contributed by atoms with Crippen LogP contribution in [0.5, 0.6) is 0 Å². The van der Waals surface area contributed by atoms with Crippen molar-refractivity contribution in [1.82, 2.24) is 15.3 Å². The Kier molecular flexibility index (Phi) is 6.42. The average molecular weight is 459 g/mol. The van der Waals surface area contributed by atoms with Gasteiger partial charge in [0.2, 0.25) is 5.95 Å². The summed E-state index contributed by atoms with van der Waals surface area (Å²) in [5, 5.41) is 5.17. The molecule has 0 spiro atoms. The minimum absolute atomic E-state index is 0.106. The Labute approximate surface area is 178 Å². The van der Waals surface area contributed by atoms with Gasteiger partial charge in [-0.3, -0.25) is 4.79 Å². The third-order valence-electron chi connectivity index (χ3n) is 3.87. The van der Waals surface area contributed by atoms with Crippen molar-refractivity contribution in [1.29, 1.82) is 0 Å². The second-order valence-corrected chi connectivity index (χ2v) is 6.80. The quantitative estimate of drug-likeness (QED) is 0.487. The van der Waals surface area contributed by atoms with Crippen LogP contribution < -0.4 is 10.6 Å². The molecule has 0 aliphatic heterocycles. The highest BCUT2D eigenvalue weighted by Crippen LogP contribution is 2.34. The number of rotatable bonds is 5. The molecule has 2 aromatic carbocycles. The van der Waals surface area contributed by atoms with E-state index in [1.807, 2.05) is 0 Å². The van der Waals surface area contributed by atoms with E-state index in [-0.39, 0.29) is 22.3 Å². The Morgan fingerprint density at radius 2 is 1.67 bits per heavy atom. The van der Waals surface area contributed by atoms with Gasteiger partial charge in [0.05, 0.1) is 21.3 Å². The number of nitrogens with zero attached hydrogens (tertiary/aromatic N) is 2. The van der Waals surface area contributed by atoms with Crippen LogP contribution in [0.4, 0.5) is 29.2 Å². The Balaban J connectivity index is 1.85. The van der Waals surface area contributed by atoms with Crippen LogP contribution in [0.2, 0.25) is 10.0 Å². The van der Waals surface area contributed by atoms with Crippen molar-refractivity contribution < 1.29 is 22.4 Å². The topological polar surface area (TPSA) is 66.9 Å². The Morgan fingerprint density at radius 3 is 2.27 bits per heavy atom. The molecule has 0 radical (unpaired) electrons. The first-order valence-electron chi connectivity index (χ1n) is 8.33. The first-order valence-corrected chi connectivity index (χ1v) is 9.08. The van der Waals surface area contributed by atoms with Crippen molar-refractivity contribution in [2.24, 2.45) is 0 Å². The van der Waals surface area contributed by atoms with E-state index in [2.05, 4.69) is 20.6 Å². The van der Waals surface area contributed by atoms with Crippen molar-refractivity contribution in [2.45, 2.75) is 12.7 Å². The summed E-state index contributed by atoms with van der Waals surface area (Å²) in [6.45, 7) is -0.106. The van der Waals surface area contributed by atoms with E-state index in [4.69, 9.17) is 23.2 Å². The number of carbonyl (C=O) groups excluding carboxylic acids is 1. The smallest absolute Gasteiger partial charge is 0.348 e. The maximum atomic E-state index is 13.5. The zero-order chi connectivity index (χ0) is 21.9. The van der Waals surface area contributed by atoms with Crippen LogP contribution in [0.3, 0.4) is 0 Å². The van der Waals surface area contributed by atoms with Gasteiger partial charge in [0, 0.05) is 12.7 Å². The first kappa shape index (κ1) is 21.8. The number of hydrogen-bond acceptors (Lipinski definition) is 4. The van der Waals surface area contributed by atoms with Crippen molar-refractivity contribution in [3.05, 3.63) is 81.3 Å². The number of para-hydroxylation sites is 1. The lowest BCUT2D eigenvalue weighted by atomic mass is 10.2. The van der Waals surface area contributed by atoms with Gasteiger partial charge in [-0.05, 0) is 29.8 Å². The molecule has 0 unspecified atom stereocenters. The number of anilines is 2. The molecule has 0 saturated heterocycles. The molecule has 0 saturated carbocycles. The van der Waals surface area contributed by atoms with Crippen LogP contribution >= 0.6 is 23.2 Å². The normalized spacial score (nSPS) is 11.3. The molecule has 1 amide bonds. The minimum Gasteiger partial charge on any atom is -0.348 e. The number of nitrogens with one attached hydrogen (secondary N) is 2.